The zero-order valence-corrected chi connectivity index (χ0v) is 15.5. The van der Waals surface area contributed by atoms with E-state index >= 15 is 0 Å². The number of nitrogens with one attached hydrogen (secondary N) is 1. The van der Waals surface area contributed by atoms with Crippen molar-refractivity contribution in [1.29, 1.82) is 0 Å². The van der Waals surface area contributed by atoms with Crippen LogP contribution in [0, 0.1) is 0 Å². The fourth-order valence-corrected chi connectivity index (χ4v) is 3.48. The maximum Gasteiger partial charge on any atom is 0.243 e. The molecule has 3 rings (SSSR count). The van der Waals surface area contributed by atoms with Gasteiger partial charge in [0.2, 0.25) is 15.9 Å². The minimum atomic E-state index is -3.36. The number of nitrogens with zero attached hydrogens (tertiary/aromatic N) is 2. The van der Waals surface area contributed by atoms with Gasteiger partial charge in [-0.25, -0.2) is 13.4 Å². The molecule has 0 aliphatic carbocycles. The first-order valence-electron chi connectivity index (χ1n) is 8.38. The average molecular weight is 375 g/mol. The van der Waals surface area contributed by atoms with Crippen LogP contribution in [0.3, 0.4) is 0 Å². The van der Waals surface area contributed by atoms with Crippen LogP contribution in [-0.4, -0.2) is 31.3 Å². The van der Waals surface area contributed by atoms with Crippen LogP contribution in [-0.2, 0) is 14.8 Å². The molecule has 138 valence electrons. The van der Waals surface area contributed by atoms with Gasteiger partial charge in [0.25, 0.3) is 0 Å². The van der Waals surface area contributed by atoms with Gasteiger partial charge < -0.3 is 4.42 Å². The maximum atomic E-state index is 12.5. The highest BCUT2D eigenvalue weighted by atomic mass is 32.2. The van der Waals surface area contributed by atoms with E-state index in [1.165, 1.54) is 5.01 Å². The van der Waals surface area contributed by atoms with Crippen molar-refractivity contribution in [2.45, 2.75) is 32.2 Å². The largest absolute Gasteiger partial charge is 0.467 e. The summed E-state index contributed by atoms with van der Waals surface area (Å²) in [6.07, 6.45) is 4.32. The minimum Gasteiger partial charge on any atom is -0.467 e. The summed E-state index contributed by atoms with van der Waals surface area (Å²) in [6, 6.07) is 10.3. The summed E-state index contributed by atoms with van der Waals surface area (Å²) in [5.74, 6) is 0.618. The van der Waals surface area contributed by atoms with Crippen LogP contribution < -0.4 is 4.72 Å². The summed E-state index contributed by atoms with van der Waals surface area (Å²) in [4.78, 5) is 12.5. The Morgan fingerprint density at radius 1 is 1.35 bits per heavy atom. The third-order valence-corrected chi connectivity index (χ3v) is 4.61. The SMILES string of the molecule is CCCC(=O)N1N=C(c2cccc(NS(C)(=O)=O)c2)CC1c1ccco1. The summed E-state index contributed by atoms with van der Waals surface area (Å²) < 4.78 is 30.8. The van der Waals surface area contributed by atoms with Crippen molar-refractivity contribution in [3.63, 3.8) is 0 Å². The summed E-state index contributed by atoms with van der Waals surface area (Å²) in [7, 11) is -3.36. The number of rotatable bonds is 6. The van der Waals surface area contributed by atoms with E-state index in [-0.39, 0.29) is 11.9 Å². The molecule has 2 heterocycles. The van der Waals surface area contributed by atoms with E-state index < -0.39 is 10.0 Å². The molecule has 1 N–H and O–H groups in total. The van der Waals surface area contributed by atoms with Crippen LogP contribution in [0.4, 0.5) is 5.69 Å². The molecular weight excluding hydrogens is 354 g/mol. The number of carbonyl (C=O) groups excluding carboxylic acids is 1. The monoisotopic (exact) mass is 375 g/mol. The van der Waals surface area contributed by atoms with E-state index in [2.05, 4.69) is 9.82 Å². The van der Waals surface area contributed by atoms with Crippen molar-refractivity contribution in [3.05, 3.63) is 54.0 Å². The number of hydrogen-bond donors (Lipinski definition) is 1. The van der Waals surface area contributed by atoms with Gasteiger partial charge in [-0.1, -0.05) is 19.1 Å². The van der Waals surface area contributed by atoms with E-state index in [0.29, 0.717) is 30.0 Å². The smallest absolute Gasteiger partial charge is 0.243 e. The Hall–Kier alpha value is -2.61. The van der Waals surface area contributed by atoms with Crippen LogP contribution in [0.25, 0.3) is 0 Å². The van der Waals surface area contributed by atoms with Crippen molar-refractivity contribution in [2.24, 2.45) is 5.10 Å². The molecule has 2 aromatic rings. The Labute approximate surface area is 152 Å². The van der Waals surface area contributed by atoms with Crippen molar-refractivity contribution in [1.82, 2.24) is 5.01 Å². The number of anilines is 1. The number of hydrogen-bond acceptors (Lipinski definition) is 5. The second-order valence-corrected chi connectivity index (χ2v) is 7.97. The minimum absolute atomic E-state index is 0.0608. The molecule has 0 radical (unpaired) electrons. The van der Waals surface area contributed by atoms with E-state index in [9.17, 15) is 13.2 Å². The zero-order valence-electron chi connectivity index (χ0n) is 14.7. The van der Waals surface area contributed by atoms with Gasteiger partial charge in [0, 0.05) is 18.5 Å². The highest BCUT2D eigenvalue weighted by molar-refractivity contribution is 7.92. The lowest BCUT2D eigenvalue weighted by molar-refractivity contribution is -0.133. The van der Waals surface area contributed by atoms with Crippen LogP contribution >= 0.6 is 0 Å². The predicted molar refractivity (Wildman–Crippen MR) is 99.3 cm³/mol. The summed E-state index contributed by atoms with van der Waals surface area (Å²) in [5, 5.41) is 6.00. The summed E-state index contributed by atoms with van der Waals surface area (Å²) in [6.45, 7) is 1.95. The van der Waals surface area contributed by atoms with Crippen LogP contribution in [0.2, 0.25) is 0 Å². The van der Waals surface area contributed by atoms with Crippen LogP contribution in [0.15, 0.2) is 52.2 Å². The Balaban J connectivity index is 1.91. The molecule has 1 aliphatic rings. The van der Waals surface area contributed by atoms with Gasteiger partial charge in [-0.2, -0.15) is 5.10 Å². The Morgan fingerprint density at radius 2 is 2.15 bits per heavy atom. The standard InChI is InChI=1S/C18H21N3O4S/c1-3-6-18(22)21-16(17-9-5-10-25-17)12-15(19-21)13-7-4-8-14(11-13)20-26(2,23)24/h4-5,7-11,16,20H,3,6,12H2,1-2H3. The van der Waals surface area contributed by atoms with E-state index in [1.807, 2.05) is 19.1 Å². The van der Waals surface area contributed by atoms with Gasteiger partial charge in [0.1, 0.15) is 11.8 Å². The van der Waals surface area contributed by atoms with Crippen molar-refractivity contribution in [3.8, 4) is 0 Å². The van der Waals surface area contributed by atoms with E-state index in [1.54, 1.807) is 30.5 Å². The van der Waals surface area contributed by atoms with Gasteiger partial charge in [-0.3, -0.25) is 9.52 Å². The quantitative estimate of drug-likeness (QED) is 0.839. The molecule has 7 nitrogen and oxygen atoms in total. The molecule has 8 heteroatoms. The molecule has 0 spiro atoms. The lowest BCUT2D eigenvalue weighted by Gasteiger charge is -2.19. The van der Waals surface area contributed by atoms with E-state index in [0.717, 1.165) is 18.2 Å². The van der Waals surface area contributed by atoms with Crippen molar-refractivity contribution < 1.29 is 17.6 Å². The van der Waals surface area contributed by atoms with Gasteiger partial charge in [0.15, 0.2) is 0 Å². The summed E-state index contributed by atoms with van der Waals surface area (Å²) in [5.41, 5.74) is 1.94. The van der Waals surface area contributed by atoms with Gasteiger partial charge in [-0.15, -0.1) is 0 Å². The number of hydrazone groups is 1. The Morgan fingerprint density at radius 3 is 2.81 bits per heavy atom. The highest BCUT2D eigenvalue weighted by Gasteiger charge is 2.34. The average Bonchev–Trinajstić information content (AvgIpc) is 3.23. The number of benzene rings is 1. The van der Waals surface area contributed by atoms with Crippen molar-refractivity contribution >= 4 is 27.3 Å². The molecule has 1 aliphatic heterocycles. The topological polar surface area (TPSA) is 92.0 Å². The second kappa shape index (κ2) is 7.33. The number of sulfonamides is 1. The molecule has 0 fully saturated rings. The fraction of sp³-hybridized carbons (Fsp3) is 0.333. The summed E-state index contributed by atoms with van der Waals surface area (Å²) >= 11 is 0. The number of amides is 1. The fourth-order valence-electron chi connectivity index (χ4n) is 2.92. The van der Waals surface area contributed by atoms with Crippen LogP contribution in [0.5, 0.6) is 0 Å². The first kappa shape index (κ1) is 18.2. The number of carbonyl (C=O) groups is 1. The molecule has 0 bridgehead atoms. The van der Waals surface area contributed by atoms with Crippen LogP contribution in [0.1, 0.15) is 43.6 Å². The van der Waals surface area contributed by atoms with Crippen molar-refractivity contribution in [2.75, 3.05) is 11.0 Å². The molecule has 1 aromatic heterocycles. The second-order valence-electron chi connectivity index (χ2n) is 6.23. The first-order valence-corrected chi connectivity index (χ1v) is 10.3. The number of furan rings is 1. The molecule has 1 unspecified atom stereocenters. The molecule has 1 aromatic carbocycles. The highest BCUT2D eigenvalue weighted by Crippen LogP contribution is 2.34. The van der Waals surface area contributed by atoms with Gasteiger partial charge in [0.05, 0.1) is 18.2 Å². The molecule has 1 amide bonds. The molecule has 1 atom stereocenters. The lowest BCUT2D eigenvalue weighted by atomic mass is 10.0. The third kappa shape index (κ3) is 4.13. The predicted octanol–water partition coefficient (Wildman–Crippen LogP) is 3.13. The molecule has 26 heavy (non-hydrogen) atoms. The zero-order chi connectivity index (χ0) is 18.7. The van der Waals surface area contributed by atoms with Gasteiger partial charge in [-0.05, 0) is 36.2 Å². The maximum absolute atomic E-state index is 12.5. The normalized spacial score (nSPS) is 17.2. The molecular formula is C18H21N3O4S. The Kier molecular flexibility index (Phi) is 5.13. The van der Waals surface area contributed by atoms with Gasteiger partial charge >= 0.3 is 0 Å². The first-order chi connectivity index (χ1) is 12.4. The van der Waals surface area contributed by atoms with E-state index in [4.69, 9.17) is 4.42 Å². The molecule has 0 saturated heterocycles. The molecule has 0 saturated carbocycles. The Bertz CT molecular complexity index is 920. The lowest BCUT2D eigenvalue weighted by Crippen LogP contribution is -2.26. The third-order valence-electron chi connectivity index (χ3n) is 4.00.